The molecule has 1 aromatic carbocycles. The first-order chi connectivity index (χ1) is 10.1. The summed E-state index contributed by atoms with van der Waals surface area (Å²) < 4.78 is 0. The second-order valence-corrected chi connectivity index (χ2v) is 5.86. The maximum absolute atomic E-state index is 11.9. The van der Waals surface area contributed by atoms with Gasteiger partial charge in [0, 0.05) is 11.3 Å². The molecule has 0 bridgehead atoms. The number of H-pyrrole nitrogens is 1. The molecule has 1 aliphatic rings. The second kappa shape index (κ2) is 5.73. The van der Waals surface area contributed by atoms with E-state index < -0.39 is 5.97 Å². The van der Waals surface area contributed by atoms with Crippen molar-refractivity contribution in [1.82, 2.24) is 9.97 Å². The summed E-state index contributed by atoms with van der Waals surface area (Å²) >= 11 is 1.36. The van der Waals surface area contributed by atoms with Crippen molar-refractivity contribution in [2.45, 2.75) is 30.2 Å². The Bertz CT molecular complexity index is 755. The van der Waals surface area contributed by atoms with Crippen LogP contribution >= 0.6 is 11.8 Å². The molecular weight excluding hydrogens is 288 g/mol. The minimum atomic E-state index is -0.943. The number of aromatic carboxylic acids is 1. The van der Waals surface area contributed by atoms with Crippen LogP contribution in [0.25, 0.3) is 0 Å². The van der Waals surface area contributed by atoms with Gasteiger partial charge in [0.2, 0.25) is 0 Å². The van der Waals surface area contributed by atoms with Gasteiger partial charge in [-0.3, -0.25) is 4.79 Å². The lowest BCUT2D eigenvalue weighted by molar-refractivity contribution is 0.0696. The third-order valence-corrected chi connectivity index (χ3v) is 4.45. The van der Waals surface area contributed by atoms with Crippen LogP contribution in [0.2, 0.25) is 0 Å². The number of nitrogens with zero attached hydrogens (tertiary/aromatic N) is 1. The molecule has 0 atom stereocenters. The van der Waals surface area contributed by atoms with Gasteiger partial charge in [0.05, 0.1) is 11.3 Å². The number of aromatic nitrogens is 2. The summed E-state index contributed by atoms with van der Waals surface area (Å²) in [5, 5.41) is 9.71. The maximum Gasteiger partial charge on any atom is 0.335 e. The summed E-state index contributed by atoms with van der Waals surface area (Å²) in [5.41, 5.74) is 2.62. The number of hydrogen-bond acceptors (Lipinski definition) is 4. The molecule has 0 saturated heterocycles. The van der Waals surface area contributed by atoms with Gasteiger partial charge in [0.15, 0.2) is 5.16 Å². The van der Waals surface area contributed by atoms with Crippen molar-refractivity contribution in [3.8, 4) is 0 Å². The van der Waals surface area contributed by atoms with E-state index in [4.69, 9.17) is 5.11 Å². The normalized spacial score (nSPS) is 13.1. The zero-order chi connectivity index (χ0) is 14.8. The Morgan fingerprint density at radius 2 is 2.14 bits per heavy atom. The molecular formula is C15H14N2O3S. The third-order valence-electron chi connectivity index (χ3n) is 3.53. The molecule has 0 amide bonds. The summed E-state index contributed by atoms with van der Waals surface area (Å²) in [7, 11) is 0. The van der Waals surface area contributed by atoms with E-state index in [9.17, 15) is 9.59 Å². The number of thioether (sulfide) groups is 1. The van der Waals surface area contributed by atoms with Crippen molar-refractivity contribution < 1.29 is 9.90 Å². The van der Waals surface area contributed by atoms with E-state index >= 15 is 0 Å². The van der Waals surface area contributed by atoms with E-state index in [1.165, 1.54) is 11.8 Å². The van der Waals surface area contributed by atoms with Gasteiger partial charge in [-0.05, 0) is 30.9 Å². The molecule has 108 valence electrons. The number of hydrogen-bond donors (Lipinski definition) is 2. The number of carboxylic acids is 1. The molecule has 0 unspecified atom stereocenters. The molecule has 1 heterocycles. The average Bonchev–Trinajstić information content (AvgIpc) is 2.94. The van der Waals surface area contributed by atoms with E-state index in [2.05, 4.69) is 9.97 Å². The first kappa shape index (κ1) is 13.9. The van der Waals surface area contributed by atoms with E-state index in [0.717, 1.165) is 36.1 Å². The SMILES string of the molecule is O=C(O)c1ccccc1CSc1nc2c(c(=O)[nH]1)CCC2. The number of nitrogens with one attached hydrogen (secondary N) is 1. The molecule has 3 rings (SSSR count). The summed E-state index contributed by atoms with van der Waals surface area (Å²) in [6.45, 7) is 0. The van der Waals surface area contributed by atoms with Gasteiger partial charge in [-0.1, -0.05) is 30.0 Å². The Labute approximate surface area is 125 Å². The fraction of sp³-hybridized carbons (Fsp3) is 0.267. The van der Waals surface area contributed by atoms with Crippen LogP contribution in [0.1, 0.15) is 33.6 Å². The first-order valence-electron chi connectivity index (χ1n) is 6.71. The molecule has 0 fully saturated rings. The molecule has 6 heteroatoms. The number of aromatic amines is 1. The van der Waals surface area contributed by atoms with Crippen LogP contribution in [-0.4, -0.2) is 21.0 Å². The Morgan fingerprint density at radius 1 is 1.33 bits per heavy atom. The number of rotatable bonds is 4. The molecule has 5 nitrogen and oxygen atoms in total. The monoisotopic (exact) mass is 302 g/mol. The number of aryl methyl sites for hydroxylation is 1. The number of carbonyl (C=O) groups is 1. The fourth-order valence-electron chi connectivity index (χ4n) is 2.49. The number of carboxylic acid groups (broad SMARTS) is 1. The predicted molar refractivity (Wildman–Crippen MR) is 79.8 cm³/mol. The van der Waals surface area contributed by atoms with Crippen molar-refractivity contribution in [3.63, 3.8) is 0 Å². The molecule has 1 aromatic heterocycles. The Hall–Kier alpha value is -2.08. The van der Waals surface area contributed by atoms with Gasteiger partial charge in [-0.2, -0.15) is 0 Å². The standard InChI is InChI=1S/C15H14N2O3S/c18-13-11-6-3-7-12(11)16-15(17-13)21-8-9-4-1-2-5-10(9)14(19)20/h1-2,4-5H,3,6-8H2,(H,19,20)(H,16,17,18). The van der Waals surface area contributed by atoms with Gasteiger partial charge in [0.25, 0.3) is 5.56 Å². The molecule has 1 aliphatic carbocycles. The second-order valence-electron chi connectivity index (χ2n) is 4.90. The minimum Gasteiger partial charge on any atom is -0.478 e. The van der Waals surface area contributed by atoms with Crippen LogP contribution < -0.4 is 5.56 Å². The zero-order valence-corrected chi connectivity index (χ0v) is 12.1. The predicted octanol–water partition coefficient (Wildman–Crippen LogP) is 2.25. The molecule has 0 spiro atoms. The lowest BCUT2D eigenvalue weighted by Gasteiger charge is -2.06. The van der Waals surface area contributed by atoms with Crippen LogP contribution in [0.4, 0.5) is 0 Å². The van der Waals surface area contributed by atoms with Crippen molar-refractivity contribution in [3.05, 3.63) is 57.0 Å². The third kappa shape index (κ3) is 2.85. The Morgan fingerprint density at radius 3 is 2.95 bits per heavy atom. The van der Waals surface area contributed by atoms with Gasteiger partial charge < -0.3 is 10.1 Å². The molecule has 21 heavy (non-hydrogen) atoms. The van der Waals surface area contributed by atoms with E-state index in [1.807, 2.05) is 0 Å². The van der Waals surface area contributed by atoms with Crippen molar-refractivity contribution in [1.29, 1.82) is 0 Å². The lowest BCUT2D eigenvalue weighted by atomic mass is 10.1. The summed E-state index contributed by atoms with van der Waals surface area (Å²) in [6, 6.07) is 6.87. The maximum atomic E-state index is 11.9. The van der Waals surface area contributed by atoms with E-state index in [-0.39, 0.29) is 11.1 Å². The van der Waals surface area contributed by atoms with E-state index in [0.29, 0.717) is 10.9 Å². The Balaban J connectivity index is 1.82. The largest absolute Gasteiger partial charge is 0.478 e. The lowest BCUT2D eigenvalue weighted by Crippen LogP contribution is -2.15. The Kier molecular flexibility index (Phi) is 3.79. The molecule has 0 aliphatic heterocycles. The summed E-state index contributed by atoms with van der Waals surface area (Å²) in [6.07, 6.45) is 2.62. The smallest absolute Gasteiger partial charge is 0.335 e. The number of benzene rings is 1. The molecule has 0 saturated carbocycles. The van der Waals surface area contributed by atoms with Crippen molar-refractivity contribution in [2.24, 2.45) is 0 Å². The van der Waals surface area contributed by atoms with Crippen LogP contribution in [0.3, 0.4) is 0 Å². The summed E-state index contributed by atoms with van der Waals surface area (Å²) in [5.74, 6) is -0.480. The average molecular weight is 302 g/mol. The summed E-state index contributed by atoms with van der Waals surface area (Å²) in [4.78, 5) is 30.3. The zero-order valence-electron chi connectivity index (χ0n) is 11.3. The minimum absolute atomic E-state index is 0.0634. The first-order valence-corrected chi connectivity index (χ1v) is 7.70. The quantitative estimate of drug-likeness (QED) is 0.668. The van der Waals surface area contributed by atoms with Gasteiger partial charge >= 0.3 is 5.97 Å². The van der Waals surface area contributed by atoms with Crippen LogP contribution in [0.15, 0.2) is 34.2 Å². The highest BCUT2D eigenvalue weighted by atomic mass is 32.2. The highest BCUT2D eigenvalue weighted by molar-refractivity contribution is 7.98. The highest BCUT2D eigenvalue weighted by Crippen LogP contribution is 2.23. The molecule has 2 aromatic rings. The van der Waals surface area contributed by atoms with Crippen LogP contribution in [-0.2, 0) is 18.6 Å². The van der Waals surface area contributed by atoms with E-state index in [1.54, 1.807) is 24.3 Å². The van der Waals surface area contributed by atoms with Crippen molar-refractivity contribution >= 4 is 17.7 Å². The van der Waals surface area contributed by atoms with Crippen LogP contribution in [0.5, 0.6) is 0 Å². The van der Waals surface area contributed by atoms with Gasteiger partial charge in [0.1, 0.15) is 0 Å². The fourth-order valence-corrected chi connectivity index (χ4v) is 3.37. The molecule has 2 N–H and O–H groups in total. The van der Waals surface area contributed by atoms with Gasteiger partial charge in [-0.25, -0.2) is 9.78 Å². The topological polar surface area (TPSA) is 83.0 Å². The molecule has 0 radical (unpaired) electrons. The van der Waals surface area contributed by atoms with Gasteiger partial charge in [-0.15, -0.1) is 0 Å². The van der Waals surface area contributed by atoms with Crippen LogP contribution in [0, 0.1) is 0 Å². The van der Waals surface area contributed by atoms with Crippen molar-refractivity contribution in [2.75, 3.05) is 0 Å². The number of fused-ring (bicyclic) bond motifs is 1. The highest BCUT2D eigenvalue weighted by Gasteiger charge is 2.17.